The predicted octanol–water partition coefficient (Wildman–Crippen LogP) is 4.00. The Labute approximate surface area is 168 Å². The van der Waals surface area contributed by atoms with Gasteiger partial charge in [0.25, 0.3) is 0 Å². The third-order valence-corrected chi connectivity index (χ3v) is 5.15. The minimum atomic E-state index is -1.12. The quantitative estimate of drug-likeness (QED) is 0.754. The lowest BCUT2D eigenvalue weighted by Crippen LogP contribution is -2.43. The number of hydrogen-bond donors (Lipinski definition) is 2. The zero-order chi connectivity index (χ0) is 20.3. The van der Waals surface area contributed by atoms with Crippen LogP contribution in [0, 0.1) is 11.8 Å². The minimum absolute atomic E-state index is 0.00625. The number of aromatic carboxylic acids is 1. The van der Waals surface area contributed by atoms with Gasteiger partial charge in [0, 0.05) is 36.1 Å². The molecule has 1 aromatic heterocycles. The van der Waals surface area contributed by atoms with Crippen LogP contribution in [0.15, 0.2) is 28.8 Å². The first-order valence-electron chi connectivity index (χ1n) is 9.38. The van der Waals surface area contributed by atoms with Crippen LogP contribution < -0.4 is 5.32 Å². The van der Waals surface area contributed by atoms with Crippen molar-refractivity contribution in [1.82, 2.24) is 10.1 Å². The lowest BCUT2D eigenvalue weighted by Gasteiger charge is -2.34. The number of aromatic nitrogens is 1. The molecule has 1 fully saturated rings. The molecule has 2 N–H and O–H groups in total. The van der Waals surface area contributed by atoms with E-state index in [0.717, 1.165) is 19.4 Å². The lowest BCUT2D eigenvalue weighted by molar-refractivity contribution is -0.136. The fourth-order valence-corrected chi connectivity index (χ4v) is 3.57. The number of benzene rings is 1. The van der Waals surface area contributed by atoms with E-state index in [1.54, 1.807) is 24.3 Å². The maximum absolute atomic E-state index is 12.2. The fraction of sp³-hybridized carbons (Fsp3) is 0.450. The van der Waals surface area contributed by atoms with Gasteiger partial charge in [-0.1, -0.05) is 30.6 Å². The largest absolute Gasteiger partial charge is 0.477 e. The molecule has 0 radical (unpaired) electrons. The molecule has 0 aliphatic carbocycles. The van der Waals surface area contributed by atoms with Gasteiger partial charge in [0.05, 0.1) is 0 Å². The number of hydrogen-bond acceptors (Lipinski definition) is 5. The van der Waals surface area contributed by atoms with Gasteiger partial charge in [0.1, 0.15) is 0 Å². The van der Waals surface area contributed by atoms with Crippen molar-refractivity contribution in [2.75, 3.05) is 25.0 Å². The van der Waals surface area contributed by atoms with E-state index in [0.29, 0.717) is 23.7 Å². The third-order valence-electron chi connectivity index (χ3n) is 4.90. The maximum Gasteiger partial charge on any atom is 0.343 e. The second-order valence-corrected chi connectivity index (χ2v) is 7.81. The molecule has 1 saturated heterocycles. The number of piperidine rings is 1. The van der Waals surface area contributed by atoms with Crippen LogP contribution >= 0.6 is 11.6 Å². The first kappa shape index (κ1) is 20.2. The van der Waals surface area contributed by atoms with Crippen molar-refractivity contribution in [3.05, 3.63) is 34.9 Å². The van der Waals surface area contributed by atoms with E-state index >= 15 is 0 Å². The average Bonchev–Trinajstić information content (AvgIpc) is 3.10. The molecule has 0 saturated carbocycles. The van der Waals surface area contributed by atoms with Gasteiger partial charge in [0.2, 0.25) is 5.91 Å². The molecule has 3 rings (SSSR count). The second kappa shape index (κ2) is 8.65. The molecule has 1 amide bonds. The Hall–Kier alpha value is -2.54. The monoisotopic (exact) mass is 405 g/mol. The van der Waals surface area contributed by atoms with E-state index in [1.807, 2.05) is 18.7 Å². The molecular weight excluding hydrogens is 382 g/mol. The molecule has 1 aliphatic rings. The van der Waals surface area contributed by atoms with E-state index in [2.05, 4.69) is 10.5 Å². The van der Waals surface area contributed by atoms with Crippen LogP contribution in [-0.2, 0) is 4.79 Å². The van der Waals surface area contributed by atoms with Crippen molar-refractivity contribution in [1.29, 1.82) is 0 Å². The Morgan fingerprint density at radius 1 is 1.36 bits per heavy atom. The summed E-state index contributed by atoms with van der Waals surface area (Å²) in [5.41, 5.74) is 0.585. The van der Waals surface area contributed by atoms with E-state index in [4.69, 9.17) is 16.1 Å². The lowest BCUT2D eigenvalue weighted by atomic mass is 9.97. The van der Waals surface area contributed by atoms with Crippen LogP contribution in [0.4, 0.5) is 5.82 Å². The van der Waals surface area contributed by atoms with Crippen molar-refractivity contribution in [3.63, 3.8) is 0 Å². The summed E-state index contributed by atoms with van der Waals surface area (Å²) in [7, 11) is 0. The number of anilines is 1. The highest BCUT2D eigenvalue weighted by atomic mass is 35.5. The molecule has 8 heteroatoms. The maximum atomic E-state index is 12.2. The molecule has 1 aliphatic heterocycles. The molecule has 1 unspecified atom stereocenters. The molecule has 2 heterocycles. The molecule has 28 heavy (non-hydrogen) atoms. The molecule has 7 nitrogen and oxygen atoms in total. The van der Waals surface area contributed by atoms with Crippen LogP contribution in [0.5, 0.6) is 0 Å². The van der Waals surface area contributed by atoms with E-state index < -0.39 is 5.97 Å². The zero-order valence-electron chi connectivity index (χ0n) is 15.9. The first-order valence-corrected chi connectivity index (χ1v) is 9.76. The molecule has 1 atom stereocenters. The highest BCUT2D eigenvalue weighted by Gasteiger charge is 2.27. The first-order chi connectivity index (χ1) is 13.4. The summed E-state index contributed by atoms with van der Waals surface area (Å²) in [5, 5.41) is 17.2. The van der Waals surface area contributed by atoms with Crippen LogP contribution in [-0.4, -0.2) is 46.7 Å². The SMILES string of the molecule is CC(C)C(=O)N1CCCC(CNc2noc(-c3ccc(Cl)cc3)c2C(=O)O)C1. The van der Waals surface area contributed by atoms with Gasteiger partial charge in [-0.15, -0.1) is 0 Å². The highest BCUT2D eigenvalue weighted by Crippen LogP contribution is 2.30. The Bertz CT molecular complexity index is 848. The summed E-state index contributed by atoms with van der Waals surface area (Å²) in [4.78, 5) is 25.9. The molecule has 0 bridgehead atoms. The Balaban J connectivity index is 1.72. The van der Waals surface area contributed by atoms with Crippen LogP contribution in [0.25, 0.3) is 11.3 Å². The van der Waals surface area contributed by atoms with Gasteiger partial charge >= 0.3 is 5.97 Å². The van der Waals surface area contributed by atoms with Crippen molar-refractivity contribution in [2.45, 2.75) is 26.7 Å². The average molecular weight is 406 g/mol. The van der Waals surface area contributed by atoms with E-state index in [1.165, 1.54) is 0 Å². The Morgan fingerprint density at radius 3 is 2.71 bits per heavy atom. The number of nitrogens with zero attached hydrogens (tertiary/aromatic N) is 2. The van der Waals surface area contributed by atoms with Gasteiger partial charge in [-0.05, 0) is 43.0 Å². The van der Waals surface area contributed by atoms with E-state index in [9.17, 15) is 14.7 Å². The summed E-state index contributed by atoms with van der Waals surface area (Å²) in [5.74, 6) is -0.371. The van der Waals surface area contributed by atoms with Gasteiger partial charge in [0.15, 0.2) is 17.1 Å². The van der Waals surface area contributed by atoms with Crippen LogP contribution in [0.1, 0.15) is 37.0 Å². The number of nitrogens with one attached hydrogen (secondary N) is 1. The number of carbonyl (C=O) groups excluding carboxylic acids is 1. The van der Waals surface area contributed by atoms with Crippen LogP contribution in [0.2, 0.25) is 5.02 Å². The summed E-state index contributed by atoms with van der Waals surface area (Å²) >= 11 is 5.89. The Morgan fingerprint density at radius 2 is 2.07 bits per heavy atom. The fourth-order valence-electron chi connectivity index (χ4n) is 3.45. The number of carbonyl (C=O) groups is 2. The summed E-state index contributed by atoms with van der Waals surface area (Å²) in [6, 6.07) is 6.71. The number of carboxylic acid groups (broad SMARTS) is 1. The standard InChI is InChI=1S/C20H24ClN3O4/c1-12(2)19(25)24-9-3-4-13(11-24)10-22-18-16(20(26)27)17(28-23-18)14-5-7-15(21)8-6-14/h5-8,12-13H,3-4,9-11H2,1-2H3,(H,22,23)(H,26,27). The van der Waals surface area contributed by atoms with Gasteiger partial charge in [-0.3, -0.25) is 4.79 Å². The van der Waals surface area contributed by atoms with Crippen molar-refractivity contribution in [2.24, 2.45) is 11.8 Å². The minimum Gasteiger partial charge on any atom is -0.477 e. The number of rotatable bonds is 6. The van der Waals surface area contributed by atoms with Gasteiger partial charge in [-0.25, -0.2) is 4.79 Å². The number of halogens is 1. The number of carboxylic acids is 1. The zero-order valence-corrected chi connectivity index (χ0v) is 16.7. The summed E-state index contributed by atoms with van der Waals surface area (Å²) < 4.78 is 5.31. The van der Waals surface area contributed by atoms with Crippen LogP contribution in [0.3, 0.4) is 0 Å². The molecular formula is C20H24ClN3O4. The Kier molecular flexibility index (Phi) is 6.24. The smallest absolute Gasteiger partial charge is 0.343 e. The van der Waals surface area contributed by atoms with E-state index in [-0.39, 0.29) is 34.9 Å². The highest BCUT2D eigenvalue weighted by molar-refractivity contribution is 6.30. The van der Waals surface area contributed by atoms with Gasteiger partial charge in [-0.2, -0.15) is 0 Å². The molecule has 0 spiro atoms. The van der Waals surface area contributed by atoms with Crippen molar-refractivity contribution >= 4 is 29.3 Å². The molecule has 2 aromatic rings. The number of amides is 1. The predicted molar refractivity (Wildman–Crippen MR) is 107 cm³/mol. The third kappa shape index (κ3) is 4.47. The molecule has 150 valence electrons. The number of likely N-dealkylation sites (tertiary alicyclic amines) is 1. The topological polar surface area (TPSA) is 95.7 Å². The summed E-state index contributed by atoms with van der Waals surface area (Å²) in [6.45, 7) is 5.76. The van der Waals surface area contributed by atoms with Crippen molar-refractivity contribution in [3.8, 4) is 11.3 Å². The summed E-state index contributed by atoms with van der Waals surface area (Å²) in [6.07, 6.45) is 1.91. The molecule has 1 aromatic carbocycles. The normalized spacial score (nSPS) is 17.0. The van der Waals surface area contributed by atoms with Crippen molar-refractivity contribution < 1.29 is 19.2 Å². The second-order valence-electron chi connectivity index (χ2n) is 7.38. The van der Waals surface area contributed by atoms with Gasteiger partial charge < -0.3 is 19.8 Å².